The summed E-state index contributed by atoms with van der Waals surface area (Å²) in [6, 6.07) is 6.30. The van der Waals surface area contributed by atoms with E-state index in [9.17, 15) is 4.21 Å². The Kier molecular flexibility index (Phi) is 5.62. The fraction of sp³-hybridized carbons (Fsp3) is 0.417. The van der Waals surface area contributed by atoms with Crippen LogP contribution in [0.1, 0.15) is 38.2 Å². The minimum absolute atomic E-state index is 0.0979. The first-order valence-corrected chi connectivity index (χ1v) is 13.0. The Bertz CT molecular complexity index is 1420. The zero-order valence-corrected chi connectivity index (χ0v) is 20.6. The van der Waals surface area contributed by atoms with Crippen LogP contribution in [0.3, 0.4) is 0 Å². The summed E-state index contributed by atoms with van der Waals surface area (Å²) in [5, 5.41) is 4.08. The second-order valence-electron chi connectivity index (χ2n) is 9.15. The number of hydrogen-bond donors (Lipinski definition) is 1. The van der Waals surface area contributed by atoms with Crippen LogP contribution < -0.4 is 10.5 Å². The molecule has 1 saturated carbocycles. The summed E-state index contributed by atoms with van der Waals surface area (Å²) in [5.41, 5.74) is 7.18. The van der Waals surface area contributed by atoms with Gasteiger partial charge in [0.25, 0.3) is 0 Å². The van der Waals surface area contributed by atoms with Gasteiger partial charge in [-0.15, -0.1) is 0 Å². The van der Waals surface area contributed by atoms with Crippen LogP contribution in [0, 0.1) is 5.82 Å². The van der Waals surface area contributed by atoms with Gasteiger partial charge in [-0.25, -0.2) is 22.9 Å². The third-order valence-corrected chi connectivity index (χ3v) is 10.5. The molecule has 1 aromatic carbocycles. The number of methoxy groups -OCH3 is 1. The maximum absolute atomic E-state index is 15.2. The van der Waals surface area contributed by atoms with Gasteiger partial charge in [-0.3, -0.25) is 4.99 Å². The number of aliphatic imine (C=N–C) groups is 1. The Morgan fingerprint density at radius 1 is 1.17 bits per heavy atom. The topological polar surface area (TPSA) is 129 Å². The highest BCUT2D eigenvalue weighted by Gasteiger charge is 2.54. The van der Waals surface area contributed by atoms with Crippen LogP contribution in [0.4, 0.5) is 4.39 Å². The minimum Gasteiger partial charge on any atom is -0.480 e. The van der Waals surface area contributed by atoms with Crippen LogP contribution in [0.2, 0.25) is 0 Å². The van der Waals surface area contributed by atoms with E-state index in [1.807, 2.05) is 0 Å². The van der Waals surface area contributed by atoms with Gasteiger partial charge in [-0.05, 0) is 38.0 Å². The molecule has 0 bridgehead atoms. The van der Waals surface area contributed by atoms with E-state index in [1.54, 1.807) is 32.2 Å². The van der Waals surface area contributed by atoms with Crippen molar-refractivity contribution >= 4 is 15.6 Å². The molecule has 2 aromatic heterocycles. The van der Waals surface area contributed by atoms with E-state index in [2.05, 4.69) is 19.5 Å². The Morgan fingerprint density at radius 3 is 2.60 bits per heavy atom. The predicted molar refractivity (Wildman–Crippen MR) is 131 cm³/mol. The summed E-state index contributed by atoms with van der Waals surface area (Å²) < 4.78 is 43.5. The lowest BCUT2D eigenvalue weighted by molar-refractivity contribution is 0.395. The fourth-order valence-electron chi connectivity index (χ4n) is 5.16. The third kappa shape index (κ3) is 3.69. The van der Waals surface area contributed by atoms with E-state index >= 15 is 4.39 Å². The second kappa shape index (κ2) is 8.40. The van der Waals surface area contributed by atoms with Crippen LogP contribution in [0.15, 0.2) is 50.5 Å². The van der Waals surface area contributed by atoms with Gasteiger partial charge < -0.3 is 15.0 Å². The molecular formula is C24H27FN6O3S. The lowest BCUT2D eigenvalue weighted by Crippen LogP contribution is -2.56. The van der Waals surface area contributed by atoms with Gasteiger partial charge in [0.1, 0.15) is 33.3 Å². The van der Waals surface area contributed by atoms with Crippen LogP contribution in [-0.2, 0) is 15.3 Å². The smallest absolute Gasteiger partial charge is 0.232 e. The first-order valence-electron chi connectivity index (χ1n) is 11.4. The molecule has 9 nitrogen and oxygen atoms in total. The third-order valence-electron chi connectivity index (χ3n) is 7.07. The lowest BCUT2D eigenvalue weighted by Gasteiger charge is -2.42. The molecule has 0 radical (unpaired) electrons. The summed E-state index contributed by atoms with van der Waals surface area (Å²) in [4.78, 5) is 13.2. The molecule has 1 spiro atoms. The van der Waals surface area contributed by atoms with Crippen LogP contribution in [0.5, 0.6) is 5.88 Å². The number of hydrogen-bond acceptors (Lipinski definition) is 9. The molecule has 35 heavy (non-hydrogen) atoms. The number of nitrogens with two attached hydrogens (primary N) is 1. The molecule has 184 valence electrons. The van der Waals surface area contributed by atoms with Crippen LogP contribution >= 0.6 is 0 Å². The maximum Gasteiger partial charge on any atom is 0.232 e. The maximum atomic E-state index is 15.2. The molecule has 1 unspecified atom stereocenters. The molecule has 3 aromatic rings. The fourth-order valence-corrected chi connectivity index (χ4v) is 8.19. The Labute approximate surface area is 203 Å². The second-order valence-corrected chi connectivity index (χ2v) is 11.9. The highest BCUT2D eigenvalue weighted by Crippen LogP contribution is 2.46. The van der Waals surface area contributed by atoms with Crippen LogP contribution in [-0.4, -0.2) is 49.8 Å². The monoisotopic (exact) mass is 498 g/mol. The molecule has 0 saturated heterocycles. The number of aromatic nitrogens is 3. The van der Waals surface area contributed by atoms with E-state index in [0.29, 0.717) is 47.3 Å². The van der Waals surface area contributed by atoms with E-state index in [-0.39, 0.29) is 11.3 Å². The zero-order valence-electron chi connectivity index (χ0n) is 19.8. The molecule has 3 heterocycles. The SMILES string of the molecule is CN=S1(=O)C[C@@](C)(c2cc(-c3cc(-c4cnc(OC)cn4)no3)ccc2F)N=C(N)C12CCCC2. The van der Waals surface area contributed by atoms with E-state index < -0.39 is 25.8 Å². The van der Waals surface area contributed by atoms with Gasteiger partial charge in [0.15, 0.2) is 5.76 Å². The first-order chi connectivity index (χ1) is 16.7. The van der Waals surface area contributed by atoms with Crippen molar-refractivity contribution in [1.82, 2.24) is 15.1 Å². The van der Waals surface area contributed by atoms with Crippen molar-refractivity contribution in [2.24, 2.45) is 15.1 Å². The number of nitrogens with zero attached hydrogens (tertiary/aromatic N) is 5. The van der Waals surface area contributed by atoms with Crippen molar-refractivity contribution in [2.45, 2.75) is 42.9 Å². The molecule has 1 aliphatic heterocycles. The highest BCUT2D eigenvalue weighted by atomic mass is 32.2. The molecule has 2 aliphatic rings. The minimum atomic E-state index is -2.76. The van der Waals surface area contributed by atoms with Gasteiger partial charge in [0.2, 0.25) is 5.88 Å². The van der Waals surface area contributed by atoms with Crippen molar-refractivity contribution in [3.63, 3.8) is 0 Å². The van der Waals surface area contributed by atoms with Gasteiger partial charge in [0.05, 0.1) is 35.0 Å². The molecule has 2 N–H and O–H groups in total. The molecule has 1 fully saturated rings. The molecule has 11 heteroatoms. The van der Waals surface area contributed by atoms with E-state index in [4.69, 9.17) is 20.0 Å². The van der Waals surface area contributed by atoms with Gasteiger partial charge >= 0.3 is 0 Å². The number of halogens is 1. The van der Waals surface area contributed by atoms with Gasteiger partial charge in [-0.2, -0.15) is 0 Å². The number of rotatable bonds is 4. The Morgan fingerprint density at radius 2 is 1.94 bits per heavy atom. The highest BCUT2D eigenvalue weighted by molar-refractivity contribution is 7.95. The molecule has 1 aliphatic carbocycles. The Hall–Kier alpha value is -3.34. The molecular weight excluding hydrogens is 471 g/mol. The largest absolute Gasteiger partial charge is 0.480 e. The summed E-state index contributed by atoms with van der Waals surface area (Å²) in [7, 11) is 0.307. The summed E-state index contributed by atoms with van der Waals surface area (Å²) >= 11 is 0. The first kappa shape index (κ1) is 23.4. The Balaban J connectivity index is 1.55. The van der Waals surface area contributed by atoms with Crippen molar-refractivity contribution in [1.29, 1.82) is 0 Å². The van der Waals surface area contributed by atoms with Crippen molar-refractivity contribution < 1.29 is 17.9 Å². The van der Waals surface area contributed by atoms with Crippen molar-refractivity contribution in [2.75, 3.05) is 19.9 Å². The average molecular weight is 499 g/mol. The average Bonchev–Trinajstić information content (AvgIpc) is 3.55. The van der Waals surface area contributed by atoms with Crippen molar-refractivity contribution in [3.8, 4) is 28.6 Å². The number of benzene rings is 1. The summed E-state index contributed by atoms with van der Waals surface area (Å²) in [6.07, 6.45) is 6.24. The summed E-state index contributed by atoms with van der Waals surface area (Å²) in [5.74, 6) is 0.748. The lowest BCUT2D eigenvalue weighted by atomic mass is 9.91. The molecule has 5 rings (SSSR count). The van der Waals surface area contributed by atoms with Crippen LogP contribution in [0.25, 0.3) is 22.7 Å². The predicted octanol–water partition coefficient (Wildman–Crippen LogP) is 3.94. The van der Waals surface area contributed by atoms with Crippen molar-refractivity contribution in [3.05, 3.63) is 48.0 Å². The zero-order chi connectivity index (χ0) is 24.8. The molecule has 2 atom stereocenters. The quantitative estimate of drug-likeness (QED) is 0.577. The van der Waals surface area contributed by atoms with E-state index in [1.165, 1.54) is 25.6 Å². The standard InChI is InChI=1S/C24H27FN6O3S/c1-23(14-35(32,27-2)24(22(26)30-23)8-4-5-9-24)16-10-15(6-7-17(16)25)20-11-18(31-34-20)19-12-29-21(33-3)13-28-19/h6-7,10-13H,4-5,8-9,14H2,1-3H3,(H2,26,30)/t23-,35?/m0/s1. The number of ether oxygens (including phenoxy) is 1. The van der Waals surface area contributed by atoms with E-state index in [0.717, 1.165) is 12.8 Å². The summed E-state index contributed by atoms with van der Waals surface area (Å²) in [6.45, 7) is 1.76. The van der Waals surface area contributed by atoms with Gasteiger partial charge in [-0.1, -0.05) is 18.0 Å². The number of amidine groups is 1. The normalized spacial score (nSPS) is 25.4. The molecule has 0 amide bonds. The van der Waals surface area contributed by atoms with Gasteiger partial charge in [0, 0.05) is 24.2 Å².